The van der Waals surface area contributed by atoms with E-state index < -0.39 is 42.2 Å². The Labute approximate surface area is 208 Å². The summed E-state index contributed by atoms with van der Waals surface area (Å²) in [5, 5.41) is 0. The number of benzene rings is 1. The molecule has 4 rings (SSSR count). The highest BCUT2D eigenvalue weighted by atomic mass is 19.4. The topological polar surface area (TPSA) is 117 Å². The second-order valence-corrected chi connectivity index (χ2v) is 8.87. The fourth-order valence-corrected chi connectivity index (χ4v) is 3.79. The van der Waals surface area contributed by atoms with Gasteiger partial charge in [-0.25, -0.2) is 28.7 Å². The Balaban J connectivity index is 1.65. The highest BCUT2D eigenvalue weighted by molar-refractivity contribution is 5.65. The first-order valence-electron chi connectivity index (χ1n) is 11.2. The number of alkyl halides is 3. The molecule has 3 heterocycles. The van der Waals surface area contributed by atoms with Crippen molar-refractivity contribution in [1.82, 2.24) is 24.3 Å². The van der Waals surface area contributed by atoms with Crippen molar-refractivity contribution in [3.8, 4) is 17.3 Å². The molecule has 0 aliphatic carbocycles. The van der Waals surface area contributed by atoms with Crippen LogP contribution >= 0.6 is 0 Å². The van der Waals surface area contributed by atoms with Gasteiger partial charge in [0.2, 0.25) is 0 Å². The molecule has 0 saturated carbocycles. The van der Waals surface area contributed by atoms with Crippen LogP contribution in [0.25, 0.3) is 17.2 Å². The maximum absolute atomic E-state index is 14.0. The van der Waals surface area contributed by atoms with E-state index in [-0.39, 0.29) is 29.6 Å². The molecule has 0 aliphatic heterocycles. The van der Waals surface area contributed by atoms with Crippen LogP contribution in [-0.2, 0) is 6.61 Å². The Bertz CT molecular complexity index is 1400. The van der Waals surface area contributed by atoms with E-state index in [9.17, 15) is 22.0 Å². The second kappa shape index (κ2) is 9.98. The van der Waals surface area contributed by atoms with Gasteiger partial charge in [-0.3, -0.25) is 4.40 Å². The number of ether oxygens (including phenoxy) is 1. The van der Waals surface area contributed by atoms with Crippen molar-refractivity contribution in [2.24, 2.45) is 11.5 Å². The molecule has 2 unspecified atom stereocenters. The van der Waals surface area contributed by atoms with E-state index in [1.54, 1.807) is 29.7 Å². The normalized spacial score (nSPS) is 14.5. The number of nitrogens with zero attached hydrogens (tertiary/aromatic N) is 5. The first-order valence-corrected chi connectivity index (χ1v) is 11.2. The maximum atomic E-state index is 14.0. The zero-order valence-electron chi connectivity index (χ0n) is 19.9. The molecular formula is C24H24F5N7O. The molecule has 4 N–H and O–H groups in total. The lowest BCUT2D eigenvalue weighted by atomic mass is 9.88. The minimum Gasteiger partial charge on any atom is -0.485 e. The Kier molecular flexibility index (Phi) is 7.11. The first-order chi connectivity index (χ1) is 17.4. The van der Waals surface area contributed by atoms with E-state index in [2.05, 4.69) is 19.9 Å². The molecule has 8 nitrogen and oxygen atoms in total. The van der Waals surface area contributed by atoms with E-state index in [4.69, 9.17) is 16.2 Å². The van der Waals surface area contributed by atoms with Crippen molar-refractivity contribution in [2.45, 2.75) is 51.1 Å². The Morgan fingerprint density at radius 2 is 1.73 bits per heavy atom. The van der Waals surface area contributed by atoms with Crippen LogP contribution in [0.3, 0.4) is 0 Å². The molecule has 0 saturated heterocycles. The fraction of sp³-hybridized carbons (Fsp3) is 0.333. The van der Waals surface area contributed by atoms with Crippen LogP contribution in [0.4, 0.5) is 22.0 Å². The van der Waals surface area contributed by atoms with Gasteiger partial charge in [0.15, 0.2) is 23.0 Å². The molecule has 0 fully saturated rings. The van der Waals surface area contributed by atoms with E-state index in [1.807, 2.05) is 0 Å². The number of aromatic nitrogens is 5. The number of fused-ring (bicyclic) bond motifs is 1. The largest absolute Gasteiger partial charge is 0.485 e. The summed E-state index contributed by atoms with van der Waals surface area (Å²) in [5.74, 6) is -1.03. The number of aryl methyl sites for hydroxylation is 1. The predicted molar refractivity (Wildman–Crippen MR) is 124 cm³/mol. The Hall–Kier alpha value is -3.71. The summed E-state index contributed by atoms with van der Waals surface area (Å²) in [5.41, 5.74) is 11.9. The molecule has 37 heavy (non-hydrogen) atoms. The molecule has 196 valence electrons. The smallest absolute Gasteiger partial charge is 0.389 e. The minimum absolute atomic E-state index is 0.0222. The summed E-state index contributed by atoms with van der Waals surface area (Å²) in [6.07, 6.45) is -3.04. The van der Waals surface area contributed by atoms with Crippen molar-refractivity contribution in [3.63, 3.8) is 0 Å². The molecule has 0 aliphatic rings. The van der Waals surface area contributed by atoms with Crippen LogP contribution in [0.15, 0.2) is 42.9 Å². The third-order valence-electron chi connectivity index (χ3n) is 5.96. The van der Waals surface area contributed by atoms with E-state index in [0.29, 0.717) is 17.0 Å². The van der Waals surface area contributed by atoms with Gasteiger partial charge in [0, 0.05) is 18.2 Å². The van der Waals surface area contributed by atoms with E-state index in [1.165, 1.54) is 19.3 Å². The number of pyridine rings is 1. The lowest BCUT2D eigenvalue weighted by Crippen LogP contribution is -2.48. The summed E-state index contributed by atoms with van der Waals surface area (Å²) in [6, 6.07) is 5.67. The molecular weight excluding hydrogens is 497 g/mol. The molecule has 1 aromatic carbocycles. The number of imidazole rings is 1. The van der Waals surface area contributed by atoms with Gasteiger partial charge in [-0.05, 0) is 44.5 Å². The van der Waals surface area contributed by atoms with Gasteiger partial charge in [0.05, 0.1) is 17.3 Å². The average Bonchev–Trinajstić information content (AvgIpc) is 3.18. The van der Waals surface area contributed by atoms with Crippen LogP contribution < -0.4 is 16.2 Å². The highest BCUT2D eigenvalue weighted by Crippen LogP contribution is 2.31. The second-order valence-electron chi connectivity index (χ2n) is 8.87. The quantitative estimate of drug-likeness (QED) is 0.330. The van der Waals surface area contributed by atoms with Gasteiger partial charge in [-0.15, -0.1) is 0 Å². The average molecular weight is 521 g/mol. The minimum atomic E-state index is -4.38. The van der Waals surface area contributed by atoms with Crippen molar-refractivity contribution in [3.05, 3.63) is 71.6 Å². The van der Waals surface area contributed by atoms with E-state index in [0.717, 1.165) is 12.1 Å². The van der Waals surface area contributed by atoms with Gasteiger partial charge in [-0.1, -0.05) is 6.07 Å². The van der Waals surface area contributed by atoms with Crippen LogP contribution in [0, 0.1) is 18.6 Å². The zero-order valence-corrected chi connectivity index (χ0v) is 19.9. The van der Waals surface area contributed by atoms with Crippen molar-refractivity contribution in [2.75, 3.05) is 0 Å². The molecule has 0 radical (unpaired) electrons. The maximum Gasteiger partial charge on any atom is 0.389 e. The monoisotopic (exact) mass is 521 g/mol. The van der Waals surface area contributed by atoms with Gasteiger partial charge < -0.3 is 16.2 Å². The molecule has 0 bridgehead atoms. The van der Waals surface area contributed by atoms with Crippen LogP contribution in [-0.4, -0.2) is 36.1 Å². The van der Waals surface area contributed by atoms with Crippen molar-refractivity contribution >= 4 is 5.65 Å². The third kappa shape index (κ3) is 5.67. The van der Waals surface area contributed by atoms with Gasteiger partial charge in [-0.2, -0.15) is 13.2 Å². The Morgan fingerprint density at radius 3 is 2.41 bits per heavy atom. The lowest BCUT2D eigenvalue weighted by Gasteiger charge is -2.30. The Morgan fingerprint density at radius 1 is 1.03 bits per heavy atom. The number of halogens is 5. The first kappa shape index (κ1) is 26.4. The van der Waals surface area contributed by atoms with Crippen molar-refractivity contribution < 1.29 is 26.7 Å². The zero-order chi connectivity index (χ0) is 27.0. The highest BCUT2D eigenvalue weighted by Gasteiger charge is 2.36. The lowest BCUT2D eigenvalue weighted by molar-refractivity contribution is -0.138. The van der Waals surface area contributed by atoms with Crippen LogP contribution in [0.5, 0.6) is 5.75 Å². The van der Waals surface area contributed by atoms with Crippen molar-refractivity contribution in [1.29, 1.82) is 0 Å². The summed E-state index contributed by atoms with van der Waals surface area (Å²) in [7, 11) is 0. The summed E-state index contributed by atoms with van der Waals surface area (Å²) < 4.78 is 73.5. The van der Waals surface area contributed by atoms with Gasteiger partial charge in [0.25, 0.3) is 0 Å². The van der Waals surface area contributed by atoms with Gasteiger partial charge >= 0.3 is 6.18 Å². The SMILES string of the molecule is Cc1nc2c(OCc3c(F)cccc3F)cccn2c1-c1ncnc(C(N)C(C)(N)CCC(F)(F)F)n1. The number of hydrogen-bond donors (Lipinski definition) is 2. The fourth-order valence-electron chi connectivity index (χ4n) is 3.79. The third-order valence-corrected chi connectivity index (χ3v) is 5.96. The predicted octanol–water partition coefficient (Wildman–Crippen LogP) is 4.41. The number of rotatable bonds is 8. The molecule has 13 heteroatoms. The molecule has 4 aromatic rings. The molecule has 0 spiro atoms. The standard InChI is InChI=1S/C24H24F5N7O/c1-13-18(20-32-12-33-21(35-20)19(30)23(2,31)8-9-24(27,28)29)36-10-4-7-17(22(36)34-13)37-11-14-15(25)5-3-6-16(14)26/h3-7,10,12,19H,8-9,11,30-31H2,1-2H3. The van der Waals surface area contributed by atoms with E-state index >= 15 is 0 Å². The molecule has 0 amide bonds. The summed E-state index contributed by atoms with van der Waals surface area (Å²) in [4.78, 5) is 17.1. The van der Waals surface area contributed by atoms with Gasteiger partial charge in [0.1, 0.15) is 30.3 Å². The number of hydrogen-bond acceptors (Lipinski definition) is 7. The summed E-state index contributed by atoms with van der Waals surface area (Å²) >= 11 is 0. The van der Waals surface area contributed by atoms with Crippen LogP contribution in [0.1, 0.15) is 42.9 Å². The summed E-state index contributed by atoms with van der Waals surface area (Å²) in [6.45, 7) is 2.74. The molecule has 2 atom stereocenters. The molecule has 3 aromatic heterocycles. The number of nitrogens with two attached hydrogens (primary N) is 2. The van der Waals surface area contributed by atoms with Crippen LogP contribution in [0.2, 0.25) is 0 Å².